The number of rotatable bonds is 5. The van der Waals surface area contributed by atoms with Gasteiger partial charge < -0.3 is 10.6 Å². The van der Waals surface area contributed by atoms with Crippen LogP contribution in [0.4, 0.5) is 5.69 Å². The molecule has 2 aromatic rings. The first-order valence-corrected chi connectivity index (χ1v) is 7.18. The summed E-state index contributed by atoms with van der Waals surface area (Å²) in [6, 6.07) is 14.3. The van der Waals surface area contributed by atoms with Crippen molar-refractivity contribution in [3.63, 3.8) is 0 Å². The fourth-order valence-electron chi connectivity index (χ4n) is 2.32. The maximum Gasteiger partial charge on any atom is 0.239 e. The van der Waals surface area contributed by atoms with E-state index in [0.29, 0.717) is 6.54 Å². The van der Waals surface area contributed by atoms with E-state index >= 15 is 0 Å². The Hall–Kier alpha value is -2.29. The lowest BCUT2D eigenvalue weighted by Crippen LogP contribution is -2.29. The number of hydrogen-bond donors (Lipinski definition) is 2. The van der Waals surface area contributed by atoms with Gasteiger partial charge in [-0.15, -0.1) is 0 Å². The molecular weight excluding hydrogens is 260 g/mol. The number of amides is 1. The van der Waals surface area contributed by atoms with Crippen LogP contribution in [0.3, 0.4) is 0 Å². The molecule has 0 fully saturated rings. The van der Waals surface area contributed by atoms with Crippen LogP contribution >= 0.6 is 0 Å². The molecular formula is C18H22N2O. The predicted molar refractivity (Wildman–Crippen MR) is 87.4 cm³/mol. The Bertz CT molecular complexity index is 615. The Kier molecular flexibility index (Phi) is 4.99. The van der Waals surface area contributed by atoms with Gasteiger partial charge in [-0.3, -0.25) is 4.79 Å². The normalized spacial score (nSPS) is 10.2. The number of carbonyl (C=O) groups excluding carboxylic acids is 1. The van der Waals surface area contributed by atoms with Gasteiger partial charge in [-0.2, -0.15) is 0 Å². The number of benzene rings is 2. The van der Waals surface area contributed by atoms with Crippen LogP contribution in [-0.2, 0) is 11.3 Å². The Labute approximate surface area is 126 Å². The van der Waals surface area contributed by atoms with E-state index < -0.39 is 0 Å². The van der Waals surface area contributed by atoms with Crippen molar-refractivity contribution < 1.29 is 4.79 Å². The molecule has 110 valence electrons. The molecule has 0 saturated carbocycles. The summed E-state index contributed by atoms with van der Waals surface area (Å²) in [5.74, 6) is -0.00240. The third-order valence-electron chi connectivity index (χ3n) is 3.41. The summed E-state index contributed by atoms with van der Waals surface area (Å²) in [5.41, 5.74) is 5.71. The second kappa shape index (κ2) is 6.93. The van der Waals surface area contributed by atoms with Crippen LogP contribution in [0.5, 0.6) is 0 Å². The quantitative estimate of drug-likeness (QED) is 0.883. The standard InChI is InChI=1S/C18H22N2O/c1-13-8-14(2)10-17(9-13)19-12-18(21)20-11-16-7-5-4-6-15(16)3/h4-10,19H,11-12H2,1-3H3,(H,20,21). The van der Waals surface area contributed by atoms with Gasteiger partial charge in [0.2, 0.25) is 5.91 Å². The van der Waals surface area contributed by atoms with Gasteiger partial charge in [0.15, 0.2) is 0 Å². The minimum Gasteiger partial charge on any atom is -0.376 e. The SMILES string of the molecule is Cc1cc(C)cc(NCC(=O)NCc2ccccc2C)c1. The summed E-state index contributed by atoms with van der Waals surface area (Å²) in [6.45, 7) is 7.01. The van der Waals surface area contributed by atoms with Gasteiger partial charge in [-0.1, -0.05) is 30.3 Å². The van der Waals surface area contributed by atoms with Crippen molar-refractivity contribution in [1.82, 2.24) is 5.32 Å². The minimum absolute atomic E-state index is 0.00240. The van der Waals surface area contributed by atoms with Crippen LogP contribution in [0, 0.1) is 20.8 Å². The fraction of sp³-hybridized carbons (Fsp3) is 0.278. The molecule has 3 heteroatoms. The van der Waals surface area contributed by atoms with E-state index in [9.17, 15) is 4.79 Å². The molecule has 21 heavy (non-hydrogen) atoms. The van der Waals surface area contributed by atoms with Crippen LogP contribution in [0.25, 0.3) is 0 Å². The molecule has 0 spiro atoms. The highest BCUT2D eigenvalue weighted by atomic mass is 16.1. The van der Waals surface area contributed by atoms with Gasteiger partial charge in [-0.25, -0.2) is 0 Å². The molecule has 0 aliphatic carbocycles. The Balaban J connectivity index is 1.84. The summed E-state index contributed by atoms with van der Waals surface area (Å²) < 4.78 is 0. The van der Waals surface area contributed by atoms with Gasteiger partial charge >= 0.3 is 0 Å². The van der Waals surface area contributed by atoms with E-state index in [-0.39, 0.29) is 12.5 Å². The summed E-state index contributed by atoms with van der Waals surface area (Å²) in [4.78, 5) is 11.9. The molecule has 0 saturated heterocycles. The van der Waals surface area contributed by atoms with Crippen LogP contribution in [0.2, 0.25) is 0 Å². The van der Waals surface area contributed by atoms with E-state index in [4.69, 9.17) is 0 Å². The molecule has 2 rings (SSSR count). The van der Waals surface area contributed by atoms with Crippen molar-refractivity contribution in [2.45, 2.75) is 27.3 Å². The van der Waals surface area contributed by atoms with Crippen molar-refractivity contribution in [3.8, 4) is 0 Å². The molecule has 0 radical (unpaired) electrons. The molecule has 2 aromatic carbocycles. The summed E-state index contributed by atoms with van der Waals surface area (Å²) in [7, 11) is 0. The third kappa shape index (κ3) is 4.63. The monoisotopic (exact) mass is 282 g/mol. The fourth-order valence-corrected chi connectivity index (χ4v) is 2.32. The van der Waals surface area contributed by atoms with Gasteiger partial charge in [0.05, 0.1) is 6.54 Å². The van der Waals surface area contributed by atoms with Gasteiger partial charge in [0.25, 0.3) is 0 Å². The lowest BCUT2D eigenvalue weighted by atomic mass is 10.1. The Morgan fingerprint density at radius 2 is 1.67 bits per heavy atom. The predicted octanol–water partition coefficient (Wildman–Crippen LogP) is 3.34. The van der Waals surface area contributed by atoms with Gasteiger partial charge in [0, 0.05) is 12.2 Å². The lowest BCUT2D eigenvalue weighted by Gasteiger charge is -2.10. The van der Waals surface area contributed by atoms with E-state index in [1.807, 2.05) is 30.3 Å². The molecule has 3 nitrogen and oxygen atoms in total. The van der Waals surface area contributed by atoms with Crippen molar-refractivity contribution in [3.05, 3.63) is 64.7 Å². The van der Waals surface area contributed by atoms with E-state index in [0.717, 1.165) is 11.3 Å². The number of nitrogens with one attached hydrogen (secondary N) is 2. The average Bonchev–Trinajstić information content (AvgIpc) is 2.43. The van der Waals surface area contributed by atoms with Crippen molar-refractivity contribution in [2.75, 3.05) is 11.9 Å². The van der Waals surface area contributed by atoms with E-state index in [1.54, 1.807) is 0 Å². The summed E-state index contributed by atoms with van der Waals surface area (Å²) in [6.07, 6.45) is 0. The number of aryl methyl sites for hydroxylation is 3. The van der Waals surface area contributed by atoms with Crippen molar-refractivity contribution >= 4 is 11.6 Å². The zero-order valence-corrected chi connectivity index (χ0v) is 12.9. The van der Waals surface area contributed by atoms with Crippen LogP contribution < -0.4 is 10.6 Å². The smallest absolute Gasteiger partial charge is 0.239 e. The van der Waals surface area contributed by atoms with Gasteiger partial charge in [0.1, 0.15) is 0 Å². The van der Waals surface area contributed by atoms with Gasteiger partial charge in [-0.05, 0) is 55.2 Å². The highest BCUT2D eigenvalue weighted by molar-refractivity contribution is 5.80. The number of hydrogen-bond acceptors (Lipinski definition) is 2. The van der Waals surface area contributed by atoms with Crippen molar-refractivity contribution in [2.24, 2.45) is 0 Å². The van der Waals surface area contributed by atoms with E-state index in [2.05, 4.69) is 43.5 Å². The summed E-state index contributed by atoms with van der Waals surface area (Å²) >= 11 is 0. The first-order chi connectivity index (χ1) is 10.0. The largest absolute Gasteiger partial charge is 0.376 e. The van der Waals surface area contributed by atoms with Crippen LogP contribution in [-0.4, -0.2) is 12.5 Å². The molecule has 1 amide bonds. The first kappa shape index (κ1) is 15.1. The van der Waals surface area contributed by atoms with Crippen LogP contribution in [0.1, 0.15) is 22.3 Å². The molecule has 0 unspecified atom stereocenters. The molecule has 0 aromatic heterocycles. The van der Waals surface area contributed by atoms with Crippen molar-refractivity contribution in [1.29, 1.82) is 0 Å². The molecule has 0 aliphatic rings. The molecule has 0 atom stereocenters. The molecule has 0 heterocycles. The maximum absolute atomic E-state index is 11.9. The van der Waals surface area contributed by atoms with E-state index in [1.165, 1.54) is 16.7 Å². The summed E-state index contributed by atoms with van der Waals surface area (Å²) in [5, 5.41) is 6.10. The number of anilines is 1. The second-order valence-corrected chi connectivity index (χ2v) is 5.43. The zero-order valence-electron chi connectivity index (χ0n) is 12.9. The molecule has 0 bridgehead atoms. The topological polar surface area (TPSA) is 41.1 Å². The maximum atomic E-state index is 11.9. The molecule has 0 aliphatic heterocycles. The minimum atomic E-state index is -0.00240. The Morgan fingerprint density at radius 3 is 2.33 bits per heavy atom. The second-order valence-electron chi connectivity index (χ2n) is 5.43. The Morgan fingerprint density at radius 1 is 1.00 bits per heavy atom. The highest BCUT2D eigenvalue weighted by Gasteiger charge is 2.03. The third-order valence-corrected chi connectivity index (χ3v) is 3.41. The average molecular weight is 282 g/mol. The lowest BCUT2D eigenvalue weighted by molar-refractivity contribution is -0.119. The van der Waals surface area contributed by atoms with Crippen LogP contribution in [0.15, 0.2) is 42.5 Å². The number of carbonyl (C=O) groups is 1. The highest BCUT2D eigenvalue weighted by Crippen LogP contribution is 2.13. The zero-order chi connectivity index (χ0) is 15.2. The molecule has 2 N–H and O–H groups in total. The first-order valence-electron chi connectivity index (χ1n) is 7.18.